The summed E-state index contributed by atoms with van der Waals surface area (Å²) in [5.41, 5.74) is 1.51. The normalized spacial score (nSPS) is 50.2. The summed E-state index contributed by atoms with van der Waals surface area (Å²) >= 11 is 0. The zero-order valence-electron chi connectivity index (χ0n) is 46.1. The number of fused-ring (bicyclic) bond motifs is 7. The molecule has 0 amide bonds. The Morgan fingerprint density at radius 1 is 0.684 bits per heavy atom. The van der Waals surface area contributed by atoms with Crippen LogP contribution >= 0.6 is 0 Å². The molecule has 21 nitrogen and oxygen atoms in total. The summed E-state index contributed by atoms with van der Waals surface area (Å²) < 4.78 is 48.9. The smallest absolute Gasteiger partial charge is 0.335 e. The van der Waals surface area contributed by atoms with Gasteiger partial charge in [0.2, 0.25) is 0 Å². The van der Waals surface area contributed by atoms with Crippen molar-refractivity contribution in [2.45, 2.75) is 244 Å². The first-order chi connectivity index (χ1) is 35.5. The van der Waals surface area contributed by atoms with E-state index >= 15 is 0 Å². The lowest BCUT2D eigenvalue weighted by atomic mass is 9.33. The van der Waals surface area contributed by atoms with E-state index < -0.39 is 155 Å². The van der Waals surface area contributed by atoms with Gasteiger partial charge in [0, 0.05) is 0 Å². The van der Waals surface area contributed by atoms with Crippen LogP contribution in [0.1, 0.15) is 127 Å². The number of aliphatic hydroxyl groups is 11. The van der Waals surface area contributed by atoms with Crippen molar-refractivity contribution in [2.75, 3.05) is 26.4 Å². The molecular weight excluding hydrogens is 997 g/mol. The standard InChI is InChI=1S/C55H92O21/c1-25-21-50(3,4)22-28-27-11-12-32-53(8)15-14-33(51(5,6)31(53)13-16-55(32,10)54(27,9)18-17-52(25,28)7)73-49-44(39(64)38(63)43(75-49)45(67)68)76-48(69-20-19-56)42(74-46-40(65)36(61)34(59)26(2)70-46)30(24-58)72-47-41(66)37(62)35(60)29(23-57)71-47/h11,25-26,28-44,46-49,56-66H,12-24H2,1-10H3,(H,67,68). The van der Waals surface area contributed by atoms with Crippen LogP contribution < -0.4 is 0 Å². The van der Waals surface area contributed by atoms with Gasteiger partial charge in [0.05, 0.1) is 38.6 Å². The molecule has 3 saturated heterocycles. The molecule has 3 aliphatic heterocycles. The fourth-order valence-corrected chi connectivity index (χ4v) is 16.6. The summed E-state index contributed by atoms with van der Waals surface area (Å²) in [7, 11) is 0. The minimum Gasteiger partial charge on any atom is -0.479 e. The first-order valence-corrected chi connectivity index (χ1v) is 27.9. The van der Waals surface area contributed by atoms with E-state index in [0.717, 1.165) is 32.1 Å². The summed E-state index contributed by atoms with van der Waals surface area (Å²) in [4.78, 5) is 12.7. The van der Waals surface area contributed by atoms with Gasteiger partial charge in [-0.3, -0.25) is 0 Å². The molecule has 8 aliphatic rings. The van der Waals surface area contributed by atoms with Gasteiger partial charge >= 0.3 is 5.97 Å². The van der Waals surface area contributed by atoms with Gasteiger partial charge in [-0.15, -0.1) is 0 Å². The zero-order valence-corrected chi connectivity index (χ0v) is 46.1. The van der Waals surface area contributed by atoms with Crippen LogP contribution in [0.4, 0.5) is 0 Å². The Hall–Kier alpha value is -1.55. The van der Waals surface area contributed by atoms with Gasteiger partial charge < -0.3 is 99.2 Å². The number of carbonyl (C=O) groups is 1. The Labute approximate surface area is 446 Å². The van der Waals surface area contributed by atoms with Crippen molar-refractivity contribution in [3.05, 3.63) is 11.6 Å². The van der Waals surface area contributed by atoms with E-state index in [4.69, 9.17) is 37.9 Å². The van der Waals surface area contributed by atoms with Gasteiger partial charge in [0.15, 0.2) is 31.3 Å². The van der Waals surface area contributed by atoms with E-state index in [0.29, 0.717) is 24.2 Å². The third-order valence-electron chi connectivity index (χ3n) is 21.4. The highest BCUT2D eigenvalue weighted by Gasteiger charge is 2.69. The third-order valence-corrected chi connectivity index (χ3v) is 21.4. The molecule has 21 heteroatoms. The van der Waals surface area contributed by atoms with Gasteiger partial charge in [0.25, 0.3) is 0 Å². The first kappa shape index (κ1) is 60.5. The van der Waals surface area contributed by atoms with Crippen LogP contribution in [-0.4, -0.2) is 210 Å². The van der Waals surface area contributed by atoms with Crippen molar-refractivity contribution >= 4 is 5.97 Å². The van der Waals surface area contributed by atoms with Crippen LogP contribution in [-0.2, 0) is 42.7 Å². The van der Waals surface area contributed by atoms with Crippen LogP contribution in [0.5, 0.6) is 0 Å². The molecule has 76 heavy (non-hydrogen) atoms. The molecular formula is C55H92O21. The highest BCUT2D eigenvalue weighted by molar-refractivity contribution is 5.73. The molecule has 8 rings (SSSR count). The van der Waals surface area contributed by atoms with Crippen molar-refractivity contribution in [3.8, 4) is 0 Å². The summed E-state index contributed by atoms with van der Waals surface area (Å²) in [6, 6.07) is 0. The van der Waals surface area contributed by atoms with Crippen molar-refractivity contribution in [2.24, 2.45) is 56.2 Å². The summed E-state index contributed by atoms with van der Waals surface area (Å²) in [5.74, 6) is 0.0227. The molecule has 27 atom stereocenters. The number of rotatable bonds is 16. The predicted octanol–water partition coefficient (Wildman–Crippen LogP) is 1.08. The molecule has 438 valence electrons. The third kappa shape index (κ3) is 10.3. The largest absolute Gasteiger partial charge is 0.479 e. The highest BCUT2D eigenvalue weighted by atomic mass is 16.8. The quantitative estimate of drug-likeness (QED) is 0.0585. The van der Waals surface area contributed by atoms with Crippen LogP contribution in [0.2, 0.25) is 0 Å². The second-order valence-corrected chi connectivity index (χ2v) is 26.5. The monoisotopic (exact) mass is 1090 g/mol. The fourth-order valence-electron chi connectivity index (χ4n) is 16.6. The summed E-state index contributed by atoms with van der Waals surface area (Å²) in [6.45, 7) is 20.0. The lowest BCUT2D eigenvalue weighted by Crippen LogP contribution is -2.67. The Kier molecular flexibility index (Phi) is 17.8. The number of carboxylic acid groups (broad SMARTS) is 1. The van der Waals surface area contributed by atoms with Gasteiger partial charge in [-0.2, -0.15) is 0 Å². The Morgan fingerprint density at radius 2 is 1.34 bits per heavy atom. The van der Waals surface area contributed by atoms with Crippen molar-refractivity contribution in [1.29, 1.82) is 0 Å². The van der Waals surface area contributed by atoms with Crippen molar-refractivity contribution in [1.82, 2.24) is 0 Å². The maximum atomic E-state index is 12.7. The fraction of sp³-hybridized carbons (Fsp3) is 0.945. The average Bonchev–Trinajstić information content (AvgIpc) is 3.43. The molecule has 0 aromatic carbocycles. The van der Waals surface area contributed by atoms with Crippen LogP contribution in [0, 0.1) is 56.2 Å². The predicted molar refractivity (Wildman–Crippen MR) is 267 cm³/mol. The molecule has 12 N–H and O–H groups in total. The zero-order chi connectivity index (χ0) is 56.0. The molecule has 7 fully saturated rings. The minimum atomic E-state index is -2.12. The Balaban J connectivity index is 1.10. The summed E-state index contributed by atoms with van der Waals surface area (Å²) in [5, 5.41) is 129. The molecule has 0 aromatic rings. The molecule has 0 aromatic heterocycles. The molecule has 0 spiro atoms. The number of aliphatic hydroxyl groups excluding tert-OH is 11. The topological polar surface area (TPSA) is 334 Å². The van der Waals surface area contributed by atoms with Gasteiger partial charge in [-0.1, -0.05) is 74.0 Å². The van der Waals surface area contributed by atoms with Crippen molar-refractivity contribution < 1.29 is 104 Å². The number of aliphatic carboxylic acids is 1. The van der Waals surface area contributed by atoms with Gasteiger partial charge in [-0.05, 0) is 121 Å². The van der Waals surface area contributed by atoms with E-state index in [-0.39, 0.29) is 33.0 Å². The average molecular weight is 1090 g/mol. The second kappa shape index (κ2) is 22.3. The minimum absolute atomic E-state index is 0.0215. The number of ether oxygens (including phenoxy) is 8. The lowest BCUT2D eigenvalue weighted by molar-refractivity contribution is -0.384. The number of hydrogen-bond acceptors (Lipinski definition) is 20. The van der Waals surface area contributed by atoms with Gasteiger partial charge in [0.1, 0.15) is 73.2 Å². The lowest BCUT2D eigenvalue weighted by Gasteiger charge is -2.72. The molecule has 0 bridgehead atoms. The Bertz CT molecular complexity index is 2040. The van der Waals surface area contributed by atoms with E-state index in [9.17, 15) is 66.1 Å². The first-order valence-electron chi connectivity index (χ1n) is 27.9. The second-order valence-electron chi connectivity index (χ2n) is 26.5. The van der Waals surface area contributed by atoms with E-state index in [1.807, 2.05) is 0 Å². The number of carboxylic acids is 1. The molecule has 5 aliphatic carbocycles. The number of hydrogen-bond donors (Lipinski definition) is 12. The van der Waals surface area contributed by atoms with Gasteiger partial charge in [-0.25, -0.2) is 4.79 Å². The summed E-state index contributed by atoms with van der Waals surface area (Å²) in [6.07, 6.45) is -22.2. The highest BCUT2D eigenvalue weighted by Crippen LogP contribution is 2.76. The molecule has 0 radical (unpaired) electrons. The number of allylic oxidation sites excluding steroid dienone is 2. The van der Waals surface area contributed by atoms with Crippen LogP contribution in [0.3, 0.4) is 0 Å². The van der Waals surface area contributed by atoms with E-state index in [1.165, 1.54) is 26.2 Å². The molecule has 27 unspecified atom stereocenters. The maximum absolute atomic E-state index is 12.7. The van der Waals surface area contributed by atoms with Crippen LogP contribution in [0.15, 0.2) is 11.6 Å². The maximum Gasteiger partial charge on any atom is 0.335 e. The van der Waals surface area contributed by atoms with E-state index in [2.05, 4.69) is 68.4 Å². The molecule has 4 saturated carbocycles. The van der Waals surface area contributed by atoms with Crippen molar-refractivity contribution in [3.63, 3.8) is 0 Å². The van der Waals surface area contributed by atoms with E-state index in [1.54, 1.807) is 5.57 Å². The van der Waals surface area contributed by atoms with Crippen LogP contribution in [0.25, 0.3) is 0 Å². The SMILES string of the molecule is CC1OC(OC(C(CO)OC2OC(CO)C(O)C(O)C2O)C(OCCO)OC2C(OC3CCC4(C)C(CCC5(C)C4CC=C4C6CC(C)(C)CC(C)C6(C)CCC45C)C3(C)C)OC(C(=O)O)C(O)C2O)C(O)C(O)C1O. The Morgan fingerprint density at radius 3 is 1.97 bits per heavy atom. The molecule has 3 heterocycles.